The Morgan fingerprint density at radius 3 is 2.52 bits per heavy atom. The second kappa shape index (κ2) is 7.34. The maximum Gasteiger partial charge on any atom is 0.176 e. The third-order valence-electron chi connectivity index (χ3n) is 4.73. The smallest absolute Gasteiger partial charge is 0.176 e. The topological polar surface area (TPSA) is 55.6 Å². The summed E-state index contributed by atoms with van der Waals surface area (Å²) in [6.45, 7) is 7.99. The van der Waals surface area contributed by atoms with Crippen LogP contribution in [0.25, 0.3) is 0 Å². The SMILES string of the molecule is CCCNC(Cc1nnn(C)n1)C1(CC(C)C)CCCC1. The standard InChI is InChI=1S/C16H31N5/c1-5-10-17-14(11-15-18-20-21(4)19-15)16(12-13(2)3)8-6-7-9-16/h13-14,17H,5-12H2,1-4H3. The van der Waals surface area contributed by atoms with Gasteiger partial charge in [0.05, 0.1) is 7.05 Å². The van der Waals surface area contributed by atoms with Crippen molar-refractivity contribution >= 4 is 0 Å². The van der Waals surface area contributed by atoms with E-state index < -0.39 is 0 Å². The molecule has 1 aliphatic carbocycles. The molecule has 1 N–H and O–H groups in total. The lowest BCUT2D eigenvalue weighted by atomic mass is 9.71. The quantitative estimate of drug-likeness (QED) is 0.800. The molecule has 0 spiro atoms. The average molecular weight is 293 g/mol. The molecule has 1 saturated carbocycles. The van der Waals surface area contributed by atoms with Crippen LogP contribution < -0.4 is 5.32 Å². The van der Waals surface area contributed by atoms with Gasteiger partial charge in [-0.05, 0) is 48.8 Å². The molecule has 0 amide bonds. The molecule has 1 aromatic rings. The highest BCUT2D eigenvalue weighted by Crippen LogP contribution is 2.46. The highest BCUT2D eigenvalue weighted by Gasteiger charge is 2.41. The molecule has 1 atom stereocenters. The highest BCUT2D eigenvalue weighted by atomic mass is 15.6. The highest BCUT2D eigenvalue weighted by molar-refractivity contribution is 4.99. The van der Waals surface area contributed by atoms with E-state index >= 15 is 0 Å². The van der Waals surface area contributed by atoms with Crippen LogP contribution in [0.3, 0.4) is 0 Å². The molecule has 1 fully saturated rings. The average Bonchev–Trinajstić information content (AvgIpc) is 3.04. The summed E-state index contributed by atoms with van der Waals surface area (Å²) in [5.74, 6) is 1.62. The fourth-order valence-corrected chi connectivity index (χ4v) is 4.00. The van der Waals surface area contributed by atoms with Crippen molar-refractivity contribution in [3.05, 3.63) is 5.82 Å². The van der Waals surface area contributed by atoms with Gasteiger partial charge in [0.15, 0.2) is 5.82 Å². The predicted octanol–water partition coefficient (Wildman–Crippen LogP) is 2.73. The Morgan fingerprint density at radius 1 is 1.29 bits per heavy atom. The van der Waals surface area contributed by atoms with Crippen molar-refractivity contribution in [1.29, 1.82) is 0 Å². The van der Waals surface area contributed by atoms with Crippen LogP contribution in [-0.2, 0) is 13.5 Å². The fourth-order valence-electron chi connectivity index (χ4n) is 4.00. The molecule has 1 aromatic heterocycles. The monoisotopic (exact) mass is 293 g/mol. The van der Waals surface area contributed by atoms with Gasteiger partial charge in [-0.25, -0.2) is 0 Å². The van der Waals surface area contributed by atoms with Gasteiger partial charge in [0.1, 0.15) is 0 Å². The first-order valence-corrected chi connectivity index (χ1v) is 8.52. The van der Waals surface area contributed by atoms with E-state index in [1.165, 1.54) is 38.5 Å². The summed E-state index contributed by atoms with van der Waals surface area (Å²) in [6.07, 6.45) is 8.78. The second-order valence-electron chi connectivity index (χ2n) is 7.07. The summed E-state index contributed by atoms with van der Waals surface area (Å²) in [7, 11) is 1.84. The summed E-state index contributed by atoms with van der Waals surface area (Å²) >= 11 is 0. The van der Waals surface area contributed by atoms with Crippen LogP contribution in [0.4, 0.5) is 0 Å². The molecule has 120 valence electrons. The number of aromatic nitrogens is 4. The molecular weight excluding hydrogens is 262 g/mol. The van der Waals surface area contributed by atoms with Gasteiger partial charge in [-0.3, -0.25) is 0 Å². The fraction of sp³-hybridized carbons (Fsp3) is 0.938. The lowest BCUT2D eigenvalue weighted by Crippen LogP contribution is -2.46. The van der Waals surface area contributed by atoms with E-state index in [0.29, 0.717) is 11.5 Å². The van der Waals surface area contributed by atoms with Crippen LogP contribution in [-0.4, -0.2) is 32.8 Å². The first-order chi connectivity index (χ1) is 10.1. The van der Waals surface area contributed by atoms with Gasteiger partial charge in [0.2, 0.25) is 0 Å². The number of nitrogens with zero attached hydrogens (tertiary/aromatic N) is 4. The molecule has 0 aromatic carbocycles. The Labute approximate surface area is 128 Å². The van der Waals surface area contributed by atoms with E-state index in [1.54, 1.807) is 4.80 Å². The minimum atomic E-state index is 0.419. The minimum absolute atomic E-state index is 0.419. The molecule has 5 nitrogen and oxygen atoms in total. The van der Waals surface area contributed by atoms with Crippen molar-refractivity contribution in [2.45, 2.75) is 71.8 Å². The third-order valence-corrected chi connectivity index (χ3v) is 4.73. The zero-order valence-corrected chi connectivity index (χ0v) is 14.1. The van der Waals surface area contributed by atoms with E-state index in [-0.39, 0.29) is 0 Å². The van der Waals surface area contributed by atoms with Crippen molar-refractivity contribution < 1.29 is 0 Å². The van der Waals surface area contributed by atoms with Gasteiger partial charge in [-0.1, -0.05) is 33.6 Å². The molecule has 0 aliphatic heterocycles. The van der Waals surface area contributed by atoms with E-state index in [1.807, 2.05) is 7.05 Å². The number of tetrazole rings is 1. The molecule has 5 heteroatoms. The summed E-state index contributed by atoms with van der Waals surface area (Å²) < 4.78 is 0. The van der Waals surface area contributed by atoms with Crippen LogP contribution in [0.5, 0.6) is 0 Å². The predicted molar refractivity (Wildman–Crippen MR) is 84.9 cm³/mol. The molecule has 0 radical (unpaired) electrons. The Morgan fingerprint density at radius 2 is 2.00 bits per heavy atom. The molecule has 2 rings (SSSR count). The molecular formula is C16H31N5. The zero-order chi connectivity index (χ0) is 15.3. The number of nitrogens with one attached hydrogen (secondary N) is 1. The summed E-state index contributed by atoms with van der Waals surface area (Å²) in [5.41, 5.74) is 0.419. The Kier molecular flexibility index (Phi) is 5.73. The molecule has 1 aliphatic rings. The zero-order valence-electron chi connectivity index (χ0n) is 14.1. The van der Waals surface area contributed by atoms with Crippen molar-refractivity contribution in [3.8, 4) is 0 Å². The van der Waals surface area contributed by atoms with E-state index in [9.17, 15) is 0 Å². The van der Waals surface area contributed by atoms with Gasteiger partial charge < -0.3 is 5.32 Å². The number of rotatable bonds is 8. The lowest BCUT2D eigenvalue weighted by Gasteiger charge is -2.39. The van der Waals surface area contributed by atoms with Crippen molar-refractivity contribution in [2.75, 3.05) is 6.54 Å². The first-order valence-electron chi connectivity index (χ1n) is 8.52. The molecule has 1 heterocycles. The van der Waals surface area contributed by atoms with Crippen molar-refractivity contribution in [2.24, 2.45) is 18.4 Å². The Balaban J connectivity index is 2.15. The van der Waals surface area contributed by atoms with Gasteiger partial charge in [0.25, 0.3) is 0 Å². The van der Waals surface area contributed by atoms with Gasteiger partial charge in [0, 0.05) is 12.5 Å². The van der Waals surface area contributed by atoms with Gasteiger partial charge in [-0.15, -0.1) is 10.2 Å². The van der Waals surface area contributed by atoms with E-state index in [4.69, 9.17) is 0 Å². The number of hydrogen-bond donors (Lipinski definition) is 1. The molecule has 0 bridgehead atoms. The van der Waals surface area contributed by atoms with E-state index in [2.05, 4.69) is 41.5 Å². The lowest BCUT2D eigenvalue weighted by molar-refractivity contribution is 0.152. The summed E-state index contributed by atoms with van der Waals surface area (Å²) in [6, 6.07) is 0.478. The maximum atomic E-state index is 4.39. The Bertz CT molecular complexity index is 420. The van der Waals surface area contributed by atoms with Crippen LogP contribution in [0, 0.1) is 11.3 Å². The number of aryl methyl sites for hydroxylation is 1. The van der Waals surface area contributed by atoms with Crippen LogP contribution in [0.2, 0.25) is 0 Å². The first kappa shape index (κ1) is 16.4. The van der Waals surface area contributed by atoms with Crippen LogP contribution >= 0.6 is 0 Å². The minimum Gasteiger partial charge on any atom is -0.313 e. The Hall–Kier alpha value is -0.970. The van der Waals surface area contributed by atoms with Crippen molar-refractivity contribution in [1.82, 2.24) is 25.5 Å². The maximum absolute atomic E-state index is 4.39. The number of hydrogen-bond acceptors (Lipinski definition) is 4. The summed E-state index contributed by atoms with van der Waals surface area (Å²) in [4.78, 5) is 1.57. The van der Waals surface area contributed by atoms with E-state index in [0.717, 1.165) is 24.7 Å². The summed E-state index contributed by atoms with van der Waals surface area (Å²) in [5, 5.41) is 16.4. The largest absolute Gasteiger partial charge is 0.313 e. The van der Waals surface area contributed by atoms with Crippen LogP contribution in [0.1, 0.15) is 65.1 Å². The van der Waals surface area contributed by atoms with Gasteiger partial charge >= 0.3 is 0 Å². The molecule has 21 heavy (non-hydrogen) atoms. The molecule has 0 saturated heterocycles. The van der Waals surface area contributed by atoms with Gasteiger partial charge in [-0.2, -0.15) is 4.80 Å². The molecule has 1 unspecified atom stereocenters. The van der Waals surface area contributed by atoms with Crippen molar-refractivity contribution in [3.63, 3.8) is 0 Å². The second-order valence-corrected chi connectivity index (χ2v) is 7.07. The van der Waals surface area contributed by atoms with Crippen LogP contribution in [0.15, 0.2) is 0 Å². The third kappa shape index (κ3) is 4.25. The normalized spacial score (nSPS) is 19.3.